The van der Waals surface area contributed by atoms with Crippen molar-refractivity contribution >= 4 is 27.7 Å². The van der Waals surface area contributed by atoms with Gasteiger partial charge < -0.3 is 19.3 Å². The van der Waals surface area contributed by atoms with Crippen molar-refractivity contribution in [1.82, 2.24) is 9.80 Å². The van der Waals surface area contributed by atoms with Gasteiger partial charge in [0.05, 0.1) is 17.7 Å². The molecule has 2 unspecified atom stereocenters. The summed E-state index contributed by atoms with van der Waals surface area (Å²) in [4.78, 5) is 30.5. The number of likely N-dealkylation sites (N-methyl/N-ethyl adjacent to an activating group) is 1. The summed E-state index contributed by atoms with van der Waals surface area (Å²) in [6, 6.07) is 5.34. The third-order valence-corrected chi connectivity index (χ3v) is 7.87. The van der Waals surface area contributed by atoms with Gasteiger partial charge in [-0.1, -0.05) is 25.2 Å². The van der Waals surface area contributed by atoms with Gasteiger partial charge >= 0.3 is 0 Å². The summed E-state index contributed by atoms with van der Waals surface area (Å²) in [6.07, 6.45) is 9.79. The molecule has 6 nitrogen and oxygen atoms in total. The molecular formula is C26H33BrN2O4. The summed E-state index contributed by atoms with van der Waals surface area (Å²) < 4.78 is 11.9. The van der Waals surface area contributed by atoms with Crippen LogP contribution in [0.15, 0.2) is 46.5 Å². The smallest absolute Gasteiger partial charge is 0.254 e. The standard InChI is InChI=1S/C26H33BrN2O4/c1-26(11-5-6-19(14-26)24(30)28(2)15-17-7-8-17)23-13-20(32-3)16-29(23)25(31)18-9-10-21(27)22(12-18)33-4/h5-6,9-12,17,20,23H,7-8,13-16H2,1-4H3/t20?,23-,26?/m1/s1. The van der Waals surface area contributed by atoms with E-state index in [4.69, 9.17) is 9.47 Å². The van der Waals surface area contributed by atoms with Crippen LogP contribution in [-0.2, 0) is 9.53 Å². The molecule has 0 N–H and O–H groups in total. The molecule has 3 atom stereocenters. The normalized spacial score (nSPS) is 26.8. The van der Waals surface area contributed by atoms with Gasteiger partial charge in [0.1, 0.15) is 5.75 Å². The third kappa shape index (κ3) is 5.04. The van der Waals surface area contributed by atoms with Gasteiger partial charge in [-0.3, -0.25) is 9.59 Å². The van der Waals surface area contributed by atoms with Crippen molar-refractivity contribution in [2.75, 3.05) is 34.4 Å². The minimum absolute atomic E-state index is 0.0379. The highest BCUT2D eigenvalue weighted by Crippen LogP contribution is 2.43. The summed E-state index contributed by atoms with van der Waals surface area (Å²) in [5.41, 5.74) is 1.03. The maximum atomic E-state index is 13.6. The summed E-state index contributed by atoms with van der Waals surface area (Å²) in [6.45, 7) is 3.49. The van der Waals surface area contributed by atoms with Crippen molar-refractivity contribution in [3.63, 3.8) is 0 Å². The Balaban J connectivity index is 1.56. The van der Waals surface area contributed by atoms with E-state index in [1.165, 1.54) is 12.8 Å². The van der Waals surface area contributed by atoms with Crippen molar-refractivity contribution in [2.45, 2.75) is 44.8 Å². The topological polar surface area (TPSA) is 59.1 Å². The Morgan fingerprint density at radius 3 is 2.70 bits per heavy atom. The maximum absolute atomic E-state index is 13.6. The van der Waals surface area contributed by atoms with E-state index in [1.807, 2.05) is 41.1 Å². The Morgan fingerprint density at radius 1 is 1.27 bits per heavy atom. The highest BCUT2D eigenvalue weighted by atomic mass is 79.9. The molecule has 2 amide bonds. The first kappa shape index (κ1) is 24.0. The molecule has 7 heteroatoms. The van der Waals surface area contributed by atoms with Crippen LogP contribution in [-0.4, -0.2) is 68.1 Å². The van der Waals surface area contributed by atoms with Crippen LogP contribution >= 0.6 is 15.9 Å². The van der Waals surface area contributed by atoms with Crippen LogP contribution < -0.4 is 4.74 Å². The van der Waals surface area contributed by atoms with E-state index in [2.05, 4.69) is 28.9 Å². The van der Waals surface area contributed by atoms with Gasteiger partial charge in [0.15, 0.2) is 0 Å². The summed E-state index contributed by atoms with van der Waals surface area (Å²) in [7, 11) is 5.18. The summed E-state index contributed by atoms with van der Waals surface area (Å²) in [5.74, 6) is 1.32. The number of likely N-dealkylation sites (tertiary alicyclic amines) is 1. The largest absolute Gasteiger partial charge is 0.496 e. The number of hydrogen-bond acceptors (Lipinski definition) is 4. The number of ether oxygens (including phenoxy) is 2. The number of halogens is 1. The molecule has 1 heterocycles. The highest BCUT2D eigenvalue weighted by Gasteiger charge is 2.47. The second kappa shape index (κ2) is 9.63. The molecule has 1 aromatic carbocycles. The van der Waals surface area contributed by atoms with Gasteiger partial charge in [0, 0.05) is 49.8 Å². The SMILES string of the molecule is COc1cc(C(=O)N2CC(OC)C[C@@H]2C2(C)C=CC=C(C(=O)N(C)CC3CC3)C2)ccc1Br. The van der Waals surface area contributed by atoms with E-state index in [9.17, 15) is 9.59 Å². The molecule has 3 aliphatic rings. The number of benzene rings is 1. The first-order chi connectivity index (χ1) is 15.8. The van der Waals surface area contributed by atoms with Crippen LogP contribution in [0.2, 0.25) is 0 Å². The molecule has 0 bridgehead atoms. The zero-order chi connectivity index (χ0) is 23.8. The molecule has 1 aromatic rings. The molecule has 1 aliphatic heterocycles. The molecule has 178 valence electrons. The molecule has 0 spiro atoms. The Labute approximate surface area is 204 Å². The zero-order valence-electron chi connectivity index (χ0n) is 19.8. The van der Waals surface area contributed by atoms with Gasteiger partial charge in [-0.25, -0.2) is 0 Å². The van der Waals surface area contributed by atoms with E-state index in [0.717, 1.165) is 23.0 Å². The van der Waals surface area contributed by atoms with Gasteiger partial charge in [-0.05, 0) is 65.7 Å². The molecule has 4 rings (SSSR count). The minimum Gasteiger partial charge on any atom is -0.496 e. The third-order valence-electron chi connectivity index (χ3n) is 7.21. The van der Waals surface area contributed by atoms with Crippen molar-refractivity contribution in [2.24, 2.45) is 11.3 Å². The fraction of sp³-hybridized carbons (Fsp3) is 0.538. The van der Waals surface area contributed by atoms with Gasteiger partial charge in [-0.2, -0.15) is 0 Å². The average molecular weight is 517 g/mol. The Hall–Kier alpha value is -2.12. The monoisotopic (exact) mass is 516 g/mol. The quantitative estimate of drug-likeness (QED) is 0.537. The second-order valence-electron chi connectivity index (χ2n) is 9.78. The average Bonchev–Trinajstić information content (AvgIpc) is 3.51. The van der Waals surface area contributed by atoms with Gasteiger partial charge in [0.25, 0.3) is 5.91 Å². The molecular weight excluding hydrogens is 484 g/mol. The van der Waals surface area contributed by atoms with E-state index < -0.39 is 0 Å². The molecule has 0 aromatic heterocycles. The lowest BCUT2D eigenvalue weighted by molar-refractivity contribution is -0.126. The van der Waals surface area contributed by atoms with E-state index >= 15 is 0 Å². The first-order valence-corrected chi connectivity index (χ1v) is 12.4. The predicted octanol–water partition coefficient (Wildman–Crippen LogP) is 4.45. The van der Waals surface area contributed by atoms with Crippen LogP contribution in [0.1, 0.15) is 43.0 Å². The van der Waals surface area contributed by atoms with Gasteiger partial charge in [-0.15, -0.1) is 0 Å². The van der Waals surface area contributed by atoms with Crippen molar-refractivity contribution < 1.29 is 19.1 Å². The van der Waals surface area contributed by atoms with E-state index in [-0.39, 0.29) is 29.4 Å². The first-order valence-electron chi connectivity index (χ1n) is 11.6. The number of allylic oxidation sites excluding steroid dienone is 2. The molecule has 33 heavy (non-hydrogen) atoms. The molecule has 1 saturated heterocycles. The van der Waals surface area contributed by atoms with Crippen LogP contribution in [0.3, 0.4) is 0 Å². The Bertz CT molecular complexity index is 987. The summed E-state index contributed by atoms with van der Waals surface area (Å²) >= 11 is 3.46. The lowest BCUT2D eigenvalue weighted by atomic mass is 9.72. The molecule has 2 aliphatic carbocycles. The van der Waals surface area contributed by atoms with E-state index in [1.54, 1.807) is 20.3 Å². The molecule has 1 saturated carbocycles. The number of amides is 2. The highest BCUT2D eigenvalue weighted by molar-refractivity contribution is 9.10. The van der Waals surface area contributed by atoms with Gasteiger partial charge in [0.2, 0.25) is 5.91 Å². The van der Waals surface area contributed by atoms with E-state index in [0.29, 0.717) is 30.2 Å². The van der Waals surface area contributed by atoms with Crippen molar-refractivity contribution in [1.29, 1.82) is 0 Å². The Morgan fingerprint density at radius 2 is 2.03 bits per heavy atom. The number of rotatable bonds is 7. The number of carbonyl (C=O) groups excluding carboxylic acids is 2. The van der Waals surface area contributed by atoms with Crippen molar-refractivity contribution in [3.8, 4) is 5.75 Å². The zero-order valence-corrected chi connectivity index (χ0v) is 21.4. The van der Waals surface area contributed by atoms with Crippen LogP contribution in [0.5, 0.6) is 5.75 Å². The second-order valence-corrected chi connectivity index (χ2v) is 10.6. The fourth-order valence-electron chi connectivity index (χ4n) is 5.08. The predicted molar refractivity (Wildman–Crippen MR) is 131 cm³/mol. The Kier molecular flexibility index (Phi) is 7.01. The number of carbonyl (C=O) groups is 2. The summed E-state index contributed by atoms with van der Waals surface area (Å²) in [5, 5.41) is 0. The van der Waals surface area contributed by atoms with Crippen molar-refractivity contribution in [3.05, 3.63) is 52.0 Å². The lowest BCUT2D eigenvalue weighted by Crippen LogP contribution is -2.46. The number of nitrogens with zero attached hydrogens (tertiary/aromatic N) is 2. The fourth-order valence-corrected chi connectivity index (χ4v) is 5.49. The van der Waals surface area contributed by atoms with Crippen LogP contribution in [0.25, 0.3) is 0 Å². The number of methoxy groups -OCH3 is 2. The number of hydrogen-bond donors (Lipinski definition) is 0. The van der Waals surface area contributed by atoms with Crippen LogP contribution in [0, 0.1) is 11.3 Å². The minimum atomic E-state index is -0.359. The molecule has 2 fully saturated rings. The van der Waals surface area contributed by atoms with Crippen LogP contribution in [0.4, 0.5) is 0 Å². The molecule has 0 radical (unpaired) electrons. The lowest BCUT2D eigenvalue weighted by Gasteiger charge is -2.40. The maximum Gasteiger partial charge on any atom is 0.254 e.